The lowest BCUT2D eigenvalue weighted by Gasteiger charge is -2.21. The molecule has 0 radical (unpaired) electrons. The number of aliphatic hydroxyl groups excluding tert-OH is 1. The van der Waals surface area contributed by atoms with Gasteiger partial charge in [0.15, 0.2) is 0 Å². The zero-order valence-electron chi connectivity index (χ0n) is 13.5. The number of nitrogens with zero attached hydrogens (tertiary/aromatic N) is 1. The minimum absolute atomic E-state index is 0.0316. The summed E-state index contributed by atoms with van der Waals surface area (Å²) in [7, 11) is 1.65. The largest absolute Gasteiger partial charge is 0.389 e. The van der Waals surface area contributed by atoms with Crippen molar-refractivity contribution in [2.24, 2.45) is 5.92 Å². The Labute approximate surface area is 123 Å². The molecule has 0 amide bonds. The van der Waals surface area contributed by atoms with Crippen LogP contribution in [0.5, 0.6) is 0 Å². The number of rotatable bonds is 10. The van der Waals surface area contributed by atoms with Gasteiger partial charge in [-0.25, -0.2) is 0 Å². The SMILES string of the molecule is COCC(C)OCC(O)CNCC1CCN(C(C)C)C1. The molecule has 0 saturated carbocycles. The van der Waals surface area contributed by atoms with Crippen LogP contribution in [0.25, 0.3) is 0 Å². The van der Waals surface area contributed by atoms with Gasteiger partial charge in [0.25, 0.3) is 0 Å². The van der Waals surface area contributed by atoms with E-state index in [1.165, 1.54) is 19.5 Å². The minimum Gasteiger partial charge on any atom is -0.389 e. The maximum absolute atomic E-state index is 9.84. The smallest absolute Gasteiger partial charge is 0.0897 e. The number of likely N-dealkylation sites (tertiary alicyclic amines) is 1. The van der Waals surface area contributed by atoms with Gasteiger partial charge in [-0.1, -0.05) is 0 Å². The molecule has 0 aromatic rings. The first-order valence-electron chi connectivity index (χ1n) is 7.76. The van der Waals surface area contributed by atoms with E-state index in [1.54, 1.807) is 7.11 Å². The summed E-state index contributed by atoms with van der Waals surface area (Å²) in [6.45, 7) is 11.3. The highest BCUT2D eigenvalue weighted by atomic mass is 16.5. The molecule has 1 saturated heterocycles. The Hall–Kier alpha value is -0.200. The van der Waals surface area contributed by atoms with E-state index >= 15 is 0 Å². The molecule has 2 N–H and O–H groups in total. The molecule has 5 heteroatoms. The quantitative estimate of drug-likeness (QED) is 0.620. The maximum Gasteiger partial charge on any atom is 0.0897 e. The van der Waals surface area contributed by atoms with Crippen molar-refractivity contribution in [3.05, 3.63) is 0 Å². The minimum atomic E-state index is -0.447. The molecule has 0 aromatic carbocycles. The third kappa shape index (κ3) is 6.99. The summed E-state index contributed by atoms with van der Waals surface area (Å²) in [5.74, 6) is 0.706. The summed E-state index contributed by atoms with van der Waals surface area (Å²) in [6.07, 6.45) is 0.837. The summed E-state index contributed by atoms with van der Waals surface area (Å²) < 4.78 is 10.5. The lowest BCUT2D eigenvalue weighted by atomic mass is 10.1. The highest BCUT2D eigenvalue weighted by Crippen LogP contribution is 2.17. The van der Waals surface area contributed by atoms with Crippen molar-refractivity contribution < 1.29 is 14.6 Å². The van der Waals surface area contributed by atoms with Crippen molar-refractivity contribution in [1.29, 1.82) is 0 Å². The van der Waals surface area contributed by atoms with Crippen LogP contribution < -0.4 is 5.32 Å². The first-order valence-corrected chi connectivity index (χ1v) is 7.76. The Morgan fingerprint density at radius 3 is 2.65 bits per heavy atom. The fraction of sp³-hybridized carbons (Fsp3) is 1.00. The maximum atomic E-state index is 9.84. The molecule has 0 bridgehead atoms. The number of hydrogen-bond donors (Lipinski definition) is 2. The monoisotopic (exact) mass is 288 g/mol. The summed E-state index contributed by atoms with van der Waals surface area (Å²) in [6, 6.07) is 0.640. The predicted octanol–water partition coefficient (Wildman–Crippen LogP) is 0.719. The Bertz CT molecular complexity index is 251. The van der Waals surface area contributed by atoms with Crippen LogP contribution in [0.3, 0.4) is 0 Å². The third-order valence-electron chi connectivity index (χ3n) is 3.84. The van der Waals surface area contributed by atoms with Gasteiger partial charge in [-0.15, -0.1) is 0 Å². The Morgan fingerprint density at radius 1 is 1.30 bits per heavy atom. The van der Waals surface area contributed by atoms with Gasteiger partial charge in [0.05, 0.1) is 25.4 Å². The number of nitrogens with one attached hydrogen (secondary N) is 1. The average Bonchev–Trinajstić information content (AvgIpc) is 2.86. The normalized spacial score (nSPS) is 23.4. The van der Waals surface area contributed by atoms with E-state index in [4.69, 9.17) is 9.47 Å². The molecule has 0 aromatic heterocycles. The lowest BCUT2D eigenvalue weighted by molar-refractivity contribution is -0.0311. The summed E-state index contributed by atoms with van der Waals surface area (Å²) >= 11 is 0. The Morgan fingerprint density at radius 2 is 2.05 bits per heavy atom. The van der Waals surface area contributed by atoms with E-state index in [0.717, 1.165) is 6.54 Å². The lowest BCUT2D eigenvalue weighted by Crippen LogP contribution is -2.36. The molecule has 3 unspecified atom stereocenters. The van der Waals surface area contributed by atoms with Crippen molar-refractivity contribution in [3.63, 3.8) is 0 Å². The second kappa shape index (κ2) is 9.68. The van der Waals surface area contributed by atoms with Gasteiger partial charge in [0, 0.05) is 26.2 Å². The molecule has 0 aliphatic carbocycles. The second-order valence-corrected chi connectivity index (χ2v) is 6.15. The zero-order chi connectivity index (χ0) is 15.0. The van der Waals surface area contributed by atoms with Crippen LogP contribution in [0.4, 0.5) is 0 Å². The topological polar surface area (TPSA) is 54.0 Å². The van der Waals surface area contributed by atoms with Crippen LogP contribution in [0.2, 0.25) is 0 Å². The predicted molar refractivity (Wildman–Crippen MR) is 81.0 cm³/mol. The second-order valence-electron chi connectivity index (χ2n) is 6.15. The molecule has 1 heterocycles. The molecule has 5 nitrogen and oxygen atoms in total. The number of aliphatic hydroxyl groups is 1. The Balaban J connectivity index is 2.03. The summed E-state index contributed by atoms with van der Waals surface area (Å²) in [5.41, 5.74) is 0. The average molecular weight is 288 g/mol. The molecule has 0 spiro atoms. The molecule has 1 aliphatic heterocycles. The highest BCUT2D eigenvalue weighted by molar-refractivity contribution is 4.79. The van der Waals surface area contributed by atoms with Crippen LogP contribution in [0.15, 0.2) is 0 Å². The summed E-state index contributed by atoms with van der Waals surface area (Å²) in [4.78, 5) is 2.51. The zero-order valence-corrected chi connectivity index (χ0v) is 13.5. The fourth-order valence-electron chi connectivity index (χ4n) is 2.57. The van der Waals surface area contributed by atoms with Crippen LogP contribution >= 0.6 is 0 Å². The van der Waals surface area contributed by atoms with Gasteiger partial charge in [-0.2, -0.15) is 0 Å². The number of hydrogen-bond acceptors (Lipinski definition) is 5. The van der Waals surface area contributed by atoms with Gasteiger partial charge in [0.1, 0.15) is 0 Å². The van der Waals surface area contributed by atoms with Crippen molar-refractivity contribution in [2.75, 3.05) is 46.5 Å². The molecular weight excluding hydrogens is 256 g/mol. The number of methoxy groups -OCH3 is 1. The van der Waals surface area contributed by atoms with Crippen molar-refractivity contribution in [2.45, 2.75) is 45.4 Å². The molecule has 1 rings (SSSR count). The van der Waals surface area contributed by atoms with E-state index in [-0.39, 0.29) is 6.10 Å². The molecule has 1 fully saturated rings. The standard InChI is InChI=1S/C15H32N2O3/c1-12(2)17-6-5-14(9-17)7-16-8-15(18)11-20-13(3)10-19-4/h12-16,18H,5-11H2,1-4H3. The van der Waals surface area contributed by atoms with E-state index < -0.39 is 6.10 Å². The molecule has 3 atom stereocenters. The first-order chi connectivity index (χ1) is 9.52. The van der Waals surface area contributed by atoms with Gasteiger partial charge in [-0.05, 0) is 46.2 Å². The van der Waals surface area contributed by atoms with Gasteiger partial charge in [0.2, 0.25) is 0 Å². The molecular formula is C15H32N2O3. The van der Waals surface area contributed by atoms with Crippen LogP contribution in [-0.4, -0.2) is 74.8 Å². The fourth-order valence-corrected chi connectivity index (χ4v) is 2.57. The molecule has 20 heavy (non-hydrogen) atoms. The van der Waals surface area contributed by atoms with Gasteiger partial charge < -0.3 is 24.8 Å². The highest BCUT2D eigenvalue weighted by Gasteiger charge is 2.23. The van der Waals surface area contributed by atoms with Crippen molar-refractivity contribution in [3.8, 4) is 0 Å². The van der Waals surface area contributed by atoms with Crippen LogP contribution in [-0.2, 0) is 9.47 Å². The van der Waals surface area contributed by atoms with Gasteiger partial charge in [-0.3, -0.25) is 0 Å². The number of ether oxygens (including phenoxy) is 2. The Kier molecular flexibility index (Phi) is 8.64. The third-order valence-corrected chi connectivity index (χ3v) is 3.84. The van der Waals surface area contributed by atoms with E-state index in [9.17, 15) is 5.11 Å². The molecule has 1 aliphatic rings. The first kappa shape index (κ1) is 17.9. The van der Waals surface area contributed by atoms with Crippen LogP contribution in [0, 0.1) is 5.92 Å². The molecule has 120 valence electrons. The summed E-state index contributed by atoms with van der Waals surface area (Å²) in [5, 5.41) is 13.2. The van der Waals surface area contributed by atoms with Crippen molar-refractivity contribution >= 4 is 0 Å². The van der Waals surface area contributed by atoms with Crippen molar-refractivity contribution in [1.82, 2.24) is 10.2 Å². The van der Waals surface area contributed by atoms with Crippen LogP contribution in [0.1, 0.15) is 27.2 Å². The van der Waals surface area contributed by atoms with E-state index in [0.29, 0.717) is 31.7 Å². The van der Waals surface area contributed by atoms with Gasteiger partial charge >= 0.3 is 0 Å². The van der Waals surface area contributed by atoms with E-state index in [1.807, 2.05) is 6.92 Å². The van der Waals surface area contributed by atoms with E-state index in [2.05, 4.69) is 24.1 Å².